The lowest BCUT2D eigenvalue weighted by Crippen LogP contribution is -2.38. The standard InChI is InChI=1S/C17H23N3O3S/c1-11-4-6-12(7-5-11)18-14(21)3-2-9-20-16(22)15-13(8-10-24-15)19-17(20)23/h8,10-12H,2-7,9H2,1H3,(H,18,21)(H,19,23). The van der Waals surface area contributed by atoms with E-state index >= 15 is 0 Å². The van der Waals surface area contributed by atoms with Gasteiger partial charge in [0.05, 0.1) is 5.52 Å². The van der Waals surface area contributed by atoms with Crippen molar-refractivity contribution in [3.63, 3.8) is 0 Å². The number of H-pyrrole nitrogens is 1. The molecule has 0 atom stereocenters. The summed E-state index contributed by atoms with van der Waals surface area (Å²) < 4.78 is 1.74. The minimum atomic E-state index is -0.410. The van der Waals surface area contributed by atoms with Crippen molar-refractivity contribution in [1.29, 1.82) is 0 Å². The Labute approximate surface area is 143 Å². The van der Waals surface area contributed by atoms with Crippen LogP contribution in [0.2, 0.25) is 0 Å². The van der Waals surface area contributed by atoms with Gasteiger partial charge in [0.15, 0.2) is 0 Å². The van der Waals surface area contributed by atoms with E-state index in [1.807, 2.05) is 0 Å². The van der Waals surface area contributed by atoms with Crippen molar-refractivity contribution < 1.29 is 4.79 Å². The molecular weight excluding hydrogens is 326 g/mol. The number of carbonyl (C=O) groups excluding carboxylic acids is 1. The molecule has 0 aliphatic heterocycles. The van der Waals surface area contributed by atoms with Gasteiger partial charge in [0.1, 0.15) is 4.70 Å². The Morgan fingerprint density at radius 1 is 1.33 bits per heavy atom. The van der Waals surface area contributed by atoms with E-state index in [1.54, 1.807) is 11.4 Å². The molecule has 7 heteroatoms. The van der Waals surface area contributed by atoms with Crippen LogP contribution in [0.5, 0.6) is 0 Å². The van der Waals surface area contributed by atoms with Gasteiger partial charge in [0.25, 0.3) is 5.56 Å². The zero-order valence-electron chi connectivity index (χ0n) is 13.8. The zero-order chi connectivity index (χ0) is 17.1. The molecule has 3 rings (SSSR count). The number of fused-ring (bicyclic) bond motifs is 1. The first-order valence-corrected chi connectivity index (χ1v) is 9.42. The van der Waals surface area contributed by atoms with Crippen LogP contribution in [-0.4, -0.2) is 21.5 Å². The smallest absolute Gasteiger partial charge is 0.328 e. The first-order valence-electron chi connectivity index (χ1n) is 8.54. The van der Waals surface area contributed by atoms with Crippen LogP contribution in [0.1, 0.15) is 45.4 Å². The lowest BCUT2D eigenvalue weighted by molar-refractivity contribution is -0.122. The zero-order valence-corrected chi connectivity index (χ0v) is 14.7. The summed E-state index contributed by atoms with van der Waals surface area (Å²) in [6.45, 7) is 2.51. The maximum Gasteiger partial charge on any atom is 0.328 e. The average Bonchev–Trinajstić information content (AvgIpc) is 3.01. The predicted molar refractivity (Wildman–Crippen MR) is 95.5 cm³/mol. The molecule has 0 bridgehead atoms. The molecule has 0 saturated heterocycles. The monoisotopic (exact) mass is 349 g/mol. The Kier molecular flexibility index (Phi) is 5.18. The highest BCUT2D eigenvalue weighted by molar-refractivity contribution is 7.17. The third-order valence-corrected chi connectivity index (χ3v) is 5.66. The molecule has 0 radical (unpaired) electrons. The second-order valence-electron chi connectivity index (χ2n) is 6.68. The predicted octanol–water partition coefficient (Wildman–Crippen LogP) is 2.23. The molecule has 2 N–H and O–H groups in total. The summed E-state index contributed by atoms with van der Waals surface area (Å²) in [5.74, 6) is 0.764. The number of aromatic amines is 1. The summed E-state index contributed by atoms with van der Waals surface area (Å²) in [6.07, 6.45) is 5.23. The molecule has 1 fully saturated rings. The van der Waals surface area contributed by atoms with E-state index in [2.05, 4.69) is 17.2 Å². The molecule has 0 unspecified atom stereocenters. The van der Waals surface area contributed by atoms with Crippen LogP contribution in [0.15, 0.2) is 21.0 Å². The molecule has 24 heavy (non-hydrogen) atoms. The molecule has 130 valence electrons. The first-order chi connectivity index (χ1) is 11.5. The van der Waals surface area contributed by atoms with Crippen molar-refractivity contribution in [1.82, 2.24) is 14.9 Å². The first kappa shape index (κ1) is 17.0. The molecule has 2 heterocycles. The number of aromatic nitrogens is 2. The van der Waals surface area contributed by atoms with Crippen LogP contribution in [0.3, 0.4) is 0 Å². The van der Waals surface area contributed by atoms with Crippen LogP contribution in [0.4, 0.5) is 0 Å². The Hall–Kier alpha value is -1.89. The maximum absolute atomic E-state index is 12.3. The number of carbonyl (C=O) groups is 1. The van der Waals surface area contributed by atoms with E-state index in [0.29, 0.717) is 23.1 Å². The fourth-order valence-electron chi connectivity index (χ4n) is 3.28. The van der Waals surface area contributed by atoms with Gasteiger partial charge in [0.2, 0.25) is 5.91 Å². The van der Waals surface area contributed by atoms with Crippen molar-refractivity contribution in [3.05, 3.63) is 32.3 Å². The number of rotatable bonds is 5. The minimum absolute atomic E-state index is 0.0104. The summed E-state index contributed by atoms with van der Waals surface area (Å²) in [5.41, 5.74) is -0.103. The topological polar surface area (TPSA) is 84.0 Å². The normalized spacial score (nSPS) is 21.0. The van der Waals surface area contributed by atoms with Gasteiger partial charge in [-0.1, -0.05) is 6.92 Å². The minimum Gasteiger partial charge on any atom is -0.353 e. The van der Waals surface area contributed by atoms with Gasteiger partial charge < -0.3 is 10.3 Å². The molecule has 6 nitrogen and oxygen atoms in total. The summed E-state index contributed by atoms with van der Waals surface area (Å²) in [6, 6.07) is 2.01. The molecule has 0 aromatic carbocycles. The van der Waals surface area contributed by atoms with Crippen LogP contribution >= 0.6 is 11.3 Å². The van der Waals surface area contributed by atoms with E-state index in [1.165, 1.54) is 15.9 Å². The van der Waals surface area contributed by atoms with Crippen LogP contribution in [-0.2, 0) is 11.3 Å². The van der Waals surface area contributed by atoms with E-state index < -0.39 is 5.69 Å². The molecule has 1 amide bonds. The van der Waals surface area contributed by atoms with Crippen molar-refractivity contribution in [2.75, 3.05) is 0 Å². The van der Waals surface area contributed by atoms with E-state index in [0.717, 1.165) is 31.6 Å². The SMILES string of the molecule is CC1CCC(NC(=O)CCCn2c(=O)[nH]c3ccsc3c2=O)CC1. The highest BCUT2D eigenvalue weighted by atomic mass is 32.1. The quantitative estimate of drug-likeness (QED) is 0.868. The fourth-order valence-corrected chi connectivity index (χ4v) is 4.07. The highest BCUT2D eigenvalue weighted by Gasteiger charge is 2.19. The van der Waals surface area contributed by atoms with Gasteiger partial charge in [-0.3, -0.25) is 14.2 Å². The van der Waals surface area contributed by atoms with Crippen LogP contribution in [0.25, 0.3) is 10.2 Å². The van der Waals surface area contributed by atoms with Gasteiger partial charge in [0, 0.05) is 19.0 Å². The fraction of sp³-hybridized carbons (Fsp3) is 0.588. The van der Waals surface area contributed by atoms with E-state index in [-0.39, 0.29) is 24.1 Å². The summed E-state index contributed by atoms with van der Waals surface area (Å²) in [7, 11) is 0. The third kappa shape index (κ3) is 3.77. The summed E-state index contributed by atoms with van der Waals surface area (Å²) >= 11 is 1.32. The summed E-state index contributed by atoms with van der Waals surface area (Å²) in [4.78, 5) is 39.0. The summed E-state index contributed by atoms with van der Waals surface area (Å²) in [5, 5.41) is 4.85. The second-order valence-corrected chi connectivity index (χ2v) is 7.59. The van der Waals surface area contributed by atoms with Crippen molar-refractivity contribution in [2.45, 2.75) is 58.0 Å². The van der Waals surface area contributed by atoms with Crippen LogP contribution in [0, 0.1) is 5.92 Å². The second kappa shape index (κ2) is 7.34. The lowest BCUT2D eigenvalue weighted by atomic mass is 9.87. The molecule has 2 aromatic rings. The number of hydrogen-bond donors (Lipinski definition) is 2. The molecule has 1 aliphatic carbocycles. The largest absolute Gasteiger partial charge is 0.353 e. The Morgan fingerprint density at radius 3 is 2.83 bits per heavy atom. The highest BCUT2D eigenvalue weighted by Crippen LogP contribution is 2.23. The third-order valence-electron chi connectivity index (χ3n) is 4.76. The Balaban J connectivity index is 1.54. The lowest BCUT2D eigenvalue weighted by Gasteiger charge is -2.26. The van der Waals surface area contributed by atoms with Gasteiger partial charge in [-0.25, -0.2) is 4.79 Å². The van der Waals surface area contributed by atoms with Gasteiger partial charge in [-0.15, -0.1) is 11.3 Å². The average molecular weight is 349 g/mol. The number of nitrogens with one attached hydrogen (secondary N) is 2. The molecule has 1 saturated carbocycles. The van der Waals surface area contributed by atoms with Crippen LogP contribution < -0.4 is 16.6 Å². The number of nitrogens with zero attached hydrogens (tertiary/aromatic N) is 1. The molecular formula is C17H23N3O3S. The molecule has 2 aromatic heterocycles. The number of amides is 1. The maximum atomic E-state index is 12.3. The van der Waals surface area contributed by atoms with Crippen molar-refractivity contribution in [2.24, 2.45) is 5.92 Å². The van der Waals surface area contributed by atoms with Gasteiger partial charge >= 0.3 is 5.69 Å². The number of thiophene rings is 1. The van der Waals surface area contributed by atoms with E-state index in [4.69, 9.17) is 0 Å². The van der Waals surface area contributed by atoms with E-state index in [9.17, 15) is 14.4 Å². The van der Waals surface area contributed by atoms with Gasteiger partial charge in [-0.05, 0) is 49.5 Å². The molecule has 0 spiro atoms. The molecule has 1 aliphatic rings. The van der Waals surface area contributed by atoms with Crippen molar-refractivity contribution in [3.8, 4) is 0 Å². The Bertz CT molecular complexity index is 827. The van der Waals surface area contributed by atoms with Gasteiger partial charge in [-0.2, -0.15) is 0 Å². The number of hydrogen-bond acceptors (Lipinski definition) is 4. The Morgan fingerprint density at radius 2 is 2.08 bits per heavy atom. The van der Waals surface area contributed by atoms with Crippen molar-refractivity contribution >= 4 is 27.5 Å².